The van der Waals surface area contributed by atoms with Crippen LogP contribution in [0.25, 0.3) is 0 Å². The number of carbonyl (C=O) groups is 1. The summed E-state index contributed by atoms with van der Waals surface area (Å²) in [5.41, 5.74) is 1.28. The quantitative estimate of drug-likeness (QED) is 0.589. The number of ether oxygens (including phenoxy) is 1. The van der Waals surface area contributed by atoms with Crippen molar-refractivity contribution < 1.29 is 40.5 Å². The second-order valence-electron chi connectivity index (χ2n) is 4.08. The Morgan fingerprint density at radius 1 is 1.37 bits per heavy atom. The van der Waals surface area contributed by atoms with E-state index in [2.05, 4.69) is 5.10 Å². The van der Waals surface area contributed by atoms with Crippen molar-refractivity contribution in [2.45, 2.75) is 20.3 Å². The van der Waals surface area contributed by atoms with Crippen LogP contribution in [-0.2, 0) is 7.05 Å². The molecule has 0 amide bonds. The second kappa shape index (κ2) is 6.89. The maximum Gasteiger partial charge on any atom is 1.00 e. The Balaban J connectivity index is 0.00000180. The normalized spacial score (nSPS) is 9.84. The number of Topliss-reactive ketones (excluding diaryl/α,β-unsaturated/α-hetero) is 1. The van der Waals surface area contributed by atoms with Crippen molar-refractivity contribution in [3.63, 3.8) is 0 Å². The number of para-hydroxylation sites is 1. The Labute approximate surface area is 136 Å². The molecular weight excluding hydrogens is 251 g/mol. The van der Waals surface area contributed by atoms with E-state index in [4.69, 9.17) is 4.74 Å². The van der Waals surface area contributed by atoms with Crippen LogP contribution in [0.15, 0.2) is 30.3 Å². The number of hydrogen-bond acceptors (Lipinski definition) is 3. The van der Waals surface area contributed by atoms with Crippen LogP contribution in [0, 0.1) is 6.92 Å². The molecule has 0 bridgehead atoms. The molecule has 96 valence electrons. The van der Waals surface area contributed by atoms with Gasteiger partial charge in [0.25, 0.3) is 0 Å². The maximum absolute atomic E-state index is 11.9. The summed E-state index contributed by atoms with van der Waals surface area (Å²) in [6.07, 6.45) is 0.442. The van der Waals surface area contributed by atoms with Gasteiger partial charge in [-0.15, -0.1) is 0 Å². The Morgan fingerprint density at radius 2 is 2.00 bits per heavy atom. The summed E-state index contributed by atoms with van der Waals surface area (Å²) in [6, 6.07) is 9.39. The van der Waals surface area contributed by atoms with Gasteiger partial charge in [0, 0.05) is 13.5 Å². The molecule has 1 aromatic carbocycles. The molecule has 0 N–H and O–H groups in total. The molecule has 0 aliphatic rings. The molecule has 0 radical (unpaired) electrons. The van der Waals surface area contributed by atoms with E-state index >= 15 is 0 Å². The summed E-state index contributed by atoms with van der Waals surface area (Å²) in [5, 5.41) is 4.25. The number of ketones is 1. The molecular formula is C14H17N2NaO2. The minimum Gasteiger partial charge on any atom is -1.00 e. The van der Waals surface area contributed by atoms with Crippen molar-refractivity contribution in [3.05, 3.63) is 41.6 Å². The third-order valence-electron chi connectivity index (χ3n) is 2.73. The van der Waals surface area contributed by atoms with Gasteiger partial charge in [-0.1, -0.05) is 25.1 Å². The van der Waals surface area contributed by atoms with Gasteiger partial charge in [0.15, 0.2) is 5.78 Å². The predicted molar refractivity (Wildman–Crippen MR) is 70.2 cm³/mol. The van der Waals surface area contributed by atoms with E-state index in [9.17, 15) is 4.79 Å². The molecule has 2 rings (SSSR count). The first-order valence-electron chi connectivity index (χ1n) is 5.93. The minimum absolute atomic E-state index is 0. The molecule has 1 heterocycles. The fraction of sp³-hybridized carbons (Fsp3) is 0.286. The van der Waals surface area contributed by atoms with Crippen molar-refractivity contribution in [1.82, 2.24) is 9.78 Å². The number of nitrogens with zero attached hydrogens (tertiary/aromatic N) is 2. The first kappa shape index (κ1) is 16.0. The van der Waals surface area contributed by atoms with Gasteiger partial charge >= 0.3 is 29.6 Å². The first-order chi connectivity index (χ1) is 8.63. The average Bonchev–Trinajstić information content (AvgIpc) is 2.65. The third kappa shape index (κ3) is 3.47. The van der Waals surface area contributed by atoms with Crippen molar-refractivity contribution in [2.24, 2.45) is 7.05 Å². The number of carbonyl (C=O) groups excluding carboxylic acids is 1. The molecule has 0 unspecified atom stereocenters. The average molecular weight is 268 g/mol. The van der Waals surface area contributed by atoms with Gasteiger partial charge < -0.3 is 6.16 Å². The molecule has 0 spiro atoms. The number of aryl methyl sites for hydroxylation is 2. The van der Waals surface area contributed by atoms with Gasteiger partial charge in [-0.2, -0.15) is 5.10 Å². The van der Waals surface area contributed by atoms with Crippen molar-refractivity contribution in [2.75, 3.05) is 0 Å². The van der Waals surface area contributed by atoms with Crippen LogP contribution in [-0.4, -0.2) is 15.6 Å². The van der Waals surface area contributed by atoms with Crippen LogP contribution in [0.3, 0.4) is 0 Å². The molecule has 4 nitrogen and oxygen atoms in total. The monoisotopic (exact) mass is 268 g/mol. The van der Waals surface area contributed by atoms with Gasteiger partial charge in [-0.05, 0) is 19.1 Å². The fourth-order valence-corrected chi connectivity index (χ4v) is 1.85. The zero-order valence-corrected chi connectivity index (χ0v) is 13.8. The summed E-state index contributed by atoms with van der Waals surface area (Å²) in [6.45, 7) is 3.65. The van der Waals surface area contributed by atoms with Gasteiger partial charge in [-0.3, -0.25) is 4.79 Å². The van der Waals surface area contributed by atoms with Crippen LogP contribution in [0.1, 0.15) is 30.8 Å². The van der Waals surface area contributed by atoms with E-state index in [0.717, 1.165) is 0 Å². The summed E-state index contributed by atoms with van der Waals surface area (Å²) in [4.78, 5) is 11.9. The molecule has 0 aliphatic heterocycles. The van der Waals surface area contributed by atoms with E-state index in [1.54, 1.807) is 11.7 Å². The summed E-state index contributed by atoms with van der Waals surface area (Å²) >= 11 is 0. The van der Waals surface area contributed by atoms with Crippen molar-refractivity contribution >= 4 is 5.78 Å². The number of rotatable bonds is 4. The molecule has 0 atom stereocenters. The Morgan fingerprint density at radius 3 is 2.58 bits per heavy atom. The topological polar surface area (TPSA) is 44.1 Å². The van der Waals surface area contributed by atoms with E-state index < -0.39 is 0 Å². The second-order valence-corrected chi connectivity index (χ2v) is 4.08. The van der Waals surface area contributed by atoms with Crippen LogP contribution < -0.4 is 34.3 Å². The zero-order valence-electron chi connectivity index (χ0n) is 12.8. The Bertz CT molecular complexity index is 570. The van der Waals surface area contributed by atoms with Gasteiger partial charge in [-0.25, -0.2) is 4.68 Å². The summed E-state index contributed by atoms with van der Waals surface area (Å²) < 4.78 is 7.37. The molecule has 19 heavy (non-hydrogen) atoms. The minimum atomic E-state index is 0. The van der Waals surface area contributed by atoms with Crippen LogP contribution in [0.4, 0.5) is 0 Å². The molecule has 0 saturated heterocycles. The molecule has 0 aliphatic carbocycles. The van der Waals surface area contributed by atoms with Crippen LogP contribution in [0.2, 0.25) is 0 Å². The van der Waals surface area contributed by atoms with Gasteiger partial charge in [0.05, 0.1) is 5.69 Å². The first-order valence-corrected chi connectivity index (χ1v) is 5.93. The number of benzene rings is 1. The van der Waals surface area contributed by atoms with E-state index in [1.807, 2.05) is 44.2 Å². The number of hydrogen-bond donors (Lipinski definition) is 0. The fourth-order valence-electron chi connectivity index (χ4n) is 1.85. The molecule has 2 aromatic rings. The zero-order chi connectivity index (χ0) is 13.1. The number of aromatic nitrogens is 2. The standard InChI is InChI=1S/C14H16N2O2.Na.H/c1-4-12(17)13-10(2)15-16(3)14(13)18-11-8-6-5-7-9-11;;/h5-9H,4H2,1-3H3;;/q;+1;-1. The Hall–Kier alpha value is -1.10. The summed E-state index contributed by atoms with van der Waals surface area (Å²) in [5.74, 6) is 1.25. The van der Waals surface area contributed by atoms with Crippen LogP contribution in [0.5, 0.6) is 11.6 Å². The maximum atomic E-state index is 11.9. The molecule has 0 saturated carbocycles. The largest absolute Gasteiger partial charge is 1.00 e. The third-order valence-corrected chi connectivity index (χ3v) is 2.73. The van der Waals surface area contributed by atoms with Crippen LogP contribution >= 0.6 is 0 Å². The predicted octanol–water partition coefficient (Wildman–Crippen LogP) is 0.230. The smallest absolute Gasteiger partial charge is 1.00 e. The molecule has 0 fully saturated rings. The molecule has 1 aromatic heterocycles. The van der Waals surface area contributed by atoms with Crippen molar-refractivity contribution in [1.29, 1.82) is 0 Å². The van der Waals surface area contributed by atoms with Crippen molar-refractivity contribution in [3.8, 4) is 11.6 Å². The summed E-state index contributed by atoms with van der Waals surface area (Å²) in [7, 11) is 1.78. The van der Waals surface area contributed by atoms with Gasteiger partial charge in [0.2, 0.25) is 5.88 Å². The van der Waals surface area contributed by atoms with E-state index in [0.29, 0.717) is 29.3 Å². The SMILES string of the molecule is CCC(=O)c1c(C)nn(C)c1Oc1ccccc1.[H-].[Na+]. The Kier molecular flexibility index (Phi) is 5.79. The van der Waals surface area contributed by atoms with E-state index in [-0.39, 0.29) is 36.8 Å². The molecule has 5 heteroatoms. The van der Waals surface area contributed by atoms with Gasteiger partial charge in [0.1, 0.15) is 11.3 Å². The van der Waals surface area contributed by atoms with E-state index in [1.165, 1.54) is 0 Å².